The molecule has 1 unspecified atom stereocenters. The summed E-state index contributed by atoms with van der Waals surface area (Å²) >= 11 is -2.08. The second-order valence-electron chi connectivity index (χ2n) is 4.27. The molecule has 1 saturated heterocycles. The molecule has 1 amide bonds. The number of rotatable bonds is 1. The molecule has 0 N–H and O–H groups in total. The molecule has 0 aromatic heterocycles. The fraction of sp³-hybridized carbons (Fsp3) is 0.875. The van der Waals surface area contributed by atoms with Crippen LogP contribution in [0.4, 0.5) is 4.79 Å². The molecule has 7 heteroatoms. The van der Waals surface area contributed by atoms with Gasteiger partial charge < -0.3 is 14.2 Å². The summed E-state index contributed by atoms with van der Waals surface area (Å²) in [6.45, 7) is 5.80. The summed E-state index contributed by atoms with van der Waals surface area (Å²) < 4.78 is 26.0. The van der Waals surface area contributed by atoms with Crippen LogP contribution in [0.1, 0.15) is 20.8 Å². The molecule has 1 fully saturated rings. The van der Waals surface area contributed by atoms with E-state index in [1.54, 1.807) is 20.8 Å². The molecule has 1 atom stereocenters. The van der Waals surface area contributed by atoms with Crippen molar-refractivity contribution in [3.8, 4) is 0 Å². The molecule has 1 aliphatic rings. The van der Waals surface area contributed by atoms with Crippen LogP contribution in [0.15, 0.2) is 0 Å². The maximum Gasteiger partial charge on any atom is 1.00 e. The van der Waals surface area contributed by atoms with Gasteiger partial charge in [0.15, 0.2) is 0 Å². The van der Waals surface area contributed by atoms with Gasteiger partial charge in [0.05, 0.1) is 5.25 Å². The van der Waals surface area contributed by atoms with E-state index in [-0.39, 0.29) is 42.6 Å². The van der Waals surface area contributed by atoms with Gasteiger partial charge in [-0.25, -0.2) is 4.79 Å². The first-order chi connectivity index (χ1) is 6.29. The van der Waals surface area contributed by atoms with E-state index in [0.29, 0.717) is 0 Å². The van der Waals surface area contributed by atoms with Gasteiger partial charge in [0.25, 0.3) is 0 Å². The van der Waals surface area contributed by atoms with Gasteiger partial charge in [0, 0.05) is 13.1 Å². The predicted molar refractivity (Wildman–Crippen MR) is 50.5 cm³/mol. The first-order valence-electron chi connectivity index (χ1n) is 4.35. The number of nitrogens with zero attached hydrogens (tertiary/aromatic N) is 1. The Bertz CT molecular complexity index is 260. The zero-order valence-corrected chi connectivity index (χ0v) is 12.3. The molecule has 1 rings (SSSR count). The molecule has 0 radical (unpaired) electrons. The quantitative estimate of drug-likeness (QED) is 0.377. The van der Waals surface area contributed by atoms with Crippen LogP contribution in [0.3, 0.4) is 0 Å². The van der Waals surface area contributed by atoms with Crippen molar-refractivity contribution < 1.29 is 47.9 Å². The van der Waals surface area contributed by atoms with Crippen LogP contribution in [0.5, 0.6) is 0 Å². The molecule has 0 aromatic rings. The zero-order chi connectivity index (χ0) is 10.9. The van der Waals surface area contributed by atoms with Crippen LogP contribution in [-0.2, 0) is 15.8 Å². The molecule has 1 aliphatic heterocycles. The van der Waals surface area contributed by atoms with Crippen molar-refractivity contribution >= 4 is 17.2 Å². The molecule has 0 saturated carbocycles. The molecule has 0 bridgehead atoms. The number of ether oxygens (including phenoxy) is 1. The third-order valence-corrected chi connectivity index (χ3v) is 2.61. The smallest absolute Gasteiger partial charge is 0.772 e. The third kappa shape index (κ3) is 4.82. The molecular weight excluding hydrogens is 229 g/mol. The second-order valence-corrected chi connectivity index (χ2v) is 5.46. The van der Waals surface area contributed by atoms with Crippen LogP contribution < -0.4 is 29.6 Å². The normalized spacial score (nSPS) is 18.8. The molecule has 5 nitrogen and oxygen atoms in total. The predicted octanol–water partition coefficient (Wildman–Crippen LogP) is -2.51. The topological polar surface area (TPSA) is 69.7 Å². The molecule has 1 heterocycles. The van der Waals surface area contributed by atoms with Crippen LogP contribution in [0.25, 0.3) is 0 Å². The number of likely N-dealkylation sites (tertiary alicyclic amines) is 1. The average Bonchev–Trinajstić information content (AvgIpc) is 1.75. The number of carbonyl (C=O) groups excluding carboxylic acids is 1. The van der Waals surface area contributed by atoms with E-state index < -0.39 is 28.0 Å². The van der Waals surface area contributed by atoms with Gasteiger partial charge in [0.2, 0.25) is 0 Å². The molecule has 82 valence electrons. The van der Waals surface area contributed by atoms with Gasteiger partial charge in [-0.15, -0.1) is 0 Å². The van der Waals surface area contributed by atoms with E-state index in [2.05, 4.69) is 0 Å². The Labute approximate surface area is 114 Å². The van der Waals surface area contributed by atoms with E-state index in [1.165, 1.54) is 4.90 Å². The first kappa shape index (κ1) is 15.4. The Morgan fingerprint density at radius 2 is 1.93 bits per heavy atom. The van der Waals surface area contributed by atoms with E-state index in [1.807, 2.05) is 0 Å². The third-order valence-electron chi connectivity index (χ3n) is 1.77. The van der Waals surface area contributed by atoms with Crippen molar-refractivity contribution in [1.82, 2.24) is 4.90 Å². The number of carbonyl (C=O) groups is 1. The number of amides is 1. The van der Waals surface area contributed by atoms with Gasteiger partial charge in [-0.05, 0) is 31.9 Å². The summed E-state index contributed by atoms with van der Waals surface area (Å²) in [4.78, 5) is 12.7. The standard InChI is InChI=1S/C8H15NO4S.Na/c1-8(2,3)13-7(10)9-4-6(5-9)14(11)12;/h6H,4-5H2,1-3H3,(H,11,12);/q;+1/p-1. The largest absolute Gasteiger partial charge is 1.00 e. The minimum absolute atomic E-state index is 0. The number of hydrogen-bond acceptors (Lipinski definition) is 4. The van der Waals surface area contributed by atoms with Crippen molar-refractivity contribution in [3.05, 3.63) is 0 Å². The van der Waals surface area contributed by atoms with Gasteiger partial charge in [0.1, 0.15) is 5.60 Å². The Morgan fingerprint density at radius 3 is 2.27 bits per heavy atom. The van der Waals surface area contributed by atoms with Gasteiger partial charge in [-0.2, -0.15) is 0 Å². The maximum absolute atomic E-state index is 11.3. The number of hydrogen-bond donors (Lipinski definition) is 0. The molecule has 0 aromatic carbocycles. The monoisotopic (exact) mass is 243 g/mol. The van der Waals surface area contributed by atoms with E-state index in [9.17, 15) is 13.6 Å². The summed E-state index contributed by atoms with van der Waals surface area (Å²) in [5, 5.41) is -0.428. The summed E-state index contributed by atoms with van der Waals surface area (Å²) in [6.07, 6.45) is -0.445. The van der Waals surface area contributed by atoms with E-state index in [0.717, 1.165) is 0 Å². The van der Waals surface area contributed by atoms with Gasteiger partial charge in [-0.3, -0.25) is 4.21 Å². The van der Waals surface area contributed by atoms with E-state index >= 15 is 0 Å². The Balaban J connectivity index is 0.00000196. The Hall–Kier alpha value is 0.380. The summed E-state index contributed by atoms with van der Waals surface area (Å²) in [7, 11) is 0. The first-order valence-corrected chi connectivity index (χ1v) is 5.49. The van der Waals surface area contributed by atoms with Crippen molar-refractivity contribution in [2.75, 3.05) is 13.1 Å². The van der Waals surface area contributed by atoms with Gasteiger partial charge >= 0.3 is 35.7 Å². The summed E-state index contributed by atoms with van der Waals surface area (Å²) in [6, 6.07) is 0. The minimum Gasteiger partial charge on any atom is -0.772 e. The average molecular weight is 243 g/mol. The van der Waals surface area contributed by atoms with Crippen molar-refractivity contribution in [2.24, 2.45) is 0 Å². The maximum atomic E-state index is 11.3. The van der Waals surface area contributed by atoms with Crippen LogP contribution in [0.2, 0.25) is 0 Å². The molecule has 0 spiro atoms. The zero-order valence-electron chi connectivity index (χ0n) is 9.48. The summed E-state index contributed by atoms with van der Waals surface area (Å²) in [5.41, 5.74) is -0.529. The van der Waals surface area contributed by atoms with Gasteiger partial charge in [-0.1, -0.05) is 0 Å². The van der Waals surface area contributed by atoms with E-state index in [4.69, 9.17) is 4.74 Å². The molecule has 0 aliphatic carbocycles. The SMILES string of the molecule is CC(C)(C)OC(=O)N1CC(S(=O)[O-])C1.[Na+]. The van der Waals surface area contributed by atoms with Crippen LogP contribution in [-0.4, -0.2) is 43.7 Å². The van der Waals surface area contributed by atoms with Crippen molar-refractivity contribution in [1.29, 1.82) is 0 Å². The molecule has 15 heavy (non-hydrogen) atoms. The van der Waals surface area contributed by atoms with Crippen molar-refractivity contribution in [2.45, 2.75) is 31.6 Å². The fourth-order valence-corrected chi connectivity index (χ4v) is 1.64. The minimum atomic E-state index is -2.08. The fourth-order valence-electron chi connectivity index (χ4n) is 1.04. The second kappa shape index (κ2) is 5.63. The summed E-state index contributed by atoms with van der Waals surface area (Å²) in [5.74, 6) is 0. The van der Waals surface area contributed by atoms with Crippen molar-refractivity contribution in [3.63, 3.8) is 0 Å². The Morgan fingerprint density at radius 1 is 1.47 bits per heavy atom. The Kier molecular flexibility index (Phi) is 5.77. The van der Waals surface area contributed by atoms with Crippen LogP contribution >= 0.6 is 0 Å². The molecular formula is C8H14NNaO4S. The van der Waals surface area contributed by atoms with Crippen LogP contribution in [0, 0.1) is 0 Å².